The normalized spacial score (nSPS) is 10.2. The van der Waals surface area contributed by atoms with E-state index in [1.165, 1.54) is 5.56 Å². The molecule has 1 aromatic carbocycles. The van der Waals surface area contributed by atoms with Gasteiger partial charge in [-0.3, -0.25) is 0 Å². The van der Waals surface area contributed by atoms with Gasteiger partial charge in [0.2, 0.25) is 0 Å². The van der Waals surface area contributed by atoms with Gasteiger partial charge in [-0.05, 0) is 58.2 Å². The quantitative estimate of drug-likeness (QED) is 0.944. The first kappa shape index (κ1) is 11.9. The van der Waals surface area contributed by atoms with Gasteiger partial charge in [-0.1, -0.05) is 6.07 Å². The van der Waals surface area contributed by atoms with Crippen LogP contribution in [0.5, 0.6) is 5.75 Å². The van der Waals surface area contributed by atoms with Crippen LogP contribution in [0.15, 0.2) is 41.0 Å². The molecule has 0 fully saturated rings. The molecule has 4 heteroatoms. The van der Waals surface area contributed by atoms with Crippen LogP contribution < -0.4 is 10.5 Å². The number of rotatable bonds is 3. The lowest BCUT2D eigenvalue weighted by atomic mass is 10.2. The minimum atomic E-state index is 0.481. The van der Waals surface area contributed by atoms with Crippen molar-refractivity contribution in [2.24, 2.45) is 0 Å². The third kappa shape index (κ3) is 3.20. The van der Waals surface area contributed by atoms with E-state index in [0.717, 1.165) is 15.8 Å². The highest BCUT2D eigenvalue weighted by molar-refractivity contribution is 9.10. The molecule has 0 atom stereocenters. The largest absolute Gasteiger partial charge is 0.488 e. The van der Waals surface area contributed by atoms with Crippen molar-refractivity contribution in [3.8, 4) is 5.75 Å². The summed E-state index contributed by atoms with van der Waals surface area (Å²) in [5, 5.41) is 0. The SMILES string of the molecule is Cc1ccc(OCc2ccnc(N)c2)c(Br)c1. The Hall–Kier alpha value is -1.55. The Morgan fingerprint density at radius 3 is 2.82 bits per heavy atom. The Bertz CT molecular complexity index is 529. The number of nitrogen functional groups attached to an aromatic ring is 1. The minimum Gasteiger partial charge on any atom is -0.488 e. The summed E-state index contributed by atoms with van der Waals surface area (Å²) in [6.45, 7) is 2.52. The lowest BCUT2D eigenvalue weighted by Gasteiger charge is -2.09. The smallest absolute Gasteiger partial charge is 0.134 e. The predicted octanol–water partition coefficient (Wildman–Crippen LogP) is 3.31. The standard InChI is InChI=1S/C13H13BrN2O/c1-9-2-3-12(11(14)6-9)17-8-10-4-5-16-13(15)7-10/h2-7H,8H2,1H3,(H2,15,16). The van der Waals surface area contributed by atoms with Gasteiger partial charge in [-0.15, -0.1) is 0 Å². The molecule has 2 aromatic rings. The van der Waals surface area contributed by atoms with Crippen molar-refractivity contribution in [3.63, 3.8) is 0 Å². The second-order valence-corrected chi connectivity index (χ2v) is 4.67. The van der Waals surface area contributed by atoms with Gasteiger partial charge in [0.15, 0.2) is 0 Å². The van der Waals surface area contributed by atoms with Crippen LogP contribution >= 0.6 is 15.9 Å². The van der Waals surface area contributed by atoms with Crippen LogP contribution in [0.1, 0.15) is 11.1 Å². The molecule has 0 spiro atoms. The van der Waals surface area contributed by atoms with E-state index >= 15 is 0 Å². The Balaban J connectivity index is 2.07. The number of pyridine rings is 1. The van der Waals surface area contributed by atoms with Gasteiger partial charge < -0.3 is 10.5 Å². The Labute approximate surface area is 109 Å². The molecular weight excluding hydrogens is 280 g/mol. The fourth-order valence-corrected chi connectivity index (χ4v) is 2.08. The predicted molar refractivity (Wildman–Crippen MR) is 71.9 cm³/mol. The van der Waals surface area contributed by atoms with Crippen LogP contribution in [0.3, 0.4) is 0 Å². The number of aryl methyl sites for hydroxylation is 1. The third-order valence-corrected chi connectivity index (χ3v) is 2.95. The van der Waals surface area contributed by atoms with E-state index in [1.807, 2.05) is 37.3 Å². The molecule has 88 valence electrons. The first-order valence-electron chi connectivity index (χ1n) is 5.24. The topological polar surface area (TPSA) is 48.1 Å². The highest BCUT2D eigenvalue weighted by Gasteiger charge is 2.02. The summed E-state index contributed by atoms with van der Waals surface area (Å²) in [5.74, 6) is 1.33. The van der Waals surface area contributed by atoms with Crippen LogP contribution in [0.4, 0.5) is 5.82 Å². The fraction of sp³-hybridized carbons (Fsp3) is 0.154. The van der Waals surface area contributed by atoms with Crippen molar-refractivity contribution >= 4 is 21.7 Å². The van der Waals surface area contributed by atoms with E-state index in [1.54, 1.807) is 6.20 Å². The molecule has 0 saturated carbocycles. The summed E-state index contributed by atoms with van der Waals surface area (Å²) in [5.41, 5.74) is 7.80. The zero-order valence-corrected chi connectivity index (χ0v) is 11.1. The molecule has 17 heavy (non-hydrogen) atoms. The van der Waals surface area contributed by atoms with Gasteiger partial charge in [-0.25, -0.2) is 4.98 Å². The van der Waals surface area contributed by atoms with E-state index in [0.29, 0.717) is 12.4 Å². The summed E-state index contributed by atoms with van der Waals surface area (Å²) in [4.78, 5) is 3.94. The lowest BCUT2D eigenvalue weighted by molar-refractivity contribution is 0.304. The zero-order chi connectivity index (χ0) is 12.3. The molecule has 0 amide bonds. The second kappa shape index (κ2) is 5.19. The van der Waals surface area contributed by atoms with E-state index in [2.05, 4.69) is 20.9 Å². The number of halogens is 1. The van der Waals surface area contributed by atoms with E-state index in [-0.39, 0.29) is 0 Å². The van der Waals surface area contributed by atoms with Gasteiger partial charge >= 0.3 is 0 Å². The molecule has 0 saturated heterocycles. The molecule has 0 aliphatic rings. The molecule has 2 rings (SSSR count). The Morgan fingerprint density at radius 2 is 2.12 bits per heavy atom. The number of benzene rings is 1. The molecule has 1 heterocycles. The van der Waals surface area contributed by atoms with Gasteiger partial charge in [0, 0.05) is 6.20 Å². The number of hydrogen-bond acceptors (Lipinski definition) is 3. The van der Waals surface area contributed by atoms with Gasteiger partial charge in [0.25, 0.3) is 0 Å². The summed E-state index contributed by atoms with van der Waals surface area (Å²) in [6.07, 6.45) is 1.68. The minimum absolute atomic E-state index is 0.481. The summed E-state index contributed by atoms with van der Waals surface area (Å²) >= 11 is 3.47. The Morgan fingerprint density at radius 1 is 1.29 bits per heavy atom. The number of aromatic nitrogens is 1. The van der Waals surface area contributed by atoms with Crippen LogP contribution in [0.2, 0.25) is 0 Å². The van der Waals surface area contributed by atoms with Crippen molar-refractivity contribution in [1.29, 1.82) is 0 Å². The van der Waals surface area contributed by atoms with Crippen molar-refractivity contribution < 1.29 is 4.74 Å². The molecular formula is C13H13BrN2O. The van der Waals surface area contributed by atoms with Gasteiger partial charge in [0.05, 0.1) is 4.47 Å². The fourth-order valence-electron chi connectivity index (χ4n) is 1.47. The maximum Gasteiger partial charge on any atom is 0.134 e. The number of anilines is 1. The molecule has 0 bridgehead atoms. The van der Waals surface area contributed by atoms with Gasteiger partial charge in [0.1, 0.15) is 18.2 Å². The second-order valence-electron chi connectivity index (χ2n) is 3.81. The van der Waals surface area contributed by atoms with Crippen molar-refractivity contribution in [2.75, 3.05) is 5.73 Å². The maximum absolute atomic E-state index is 5.70. The van der Waals surface area contributed by atoms with Crippen molar-refractivity contribution in [2.45, 2.75) is 13.5 Å². The summed E-state index contributed by atoms with van der Waals surface area (Å²) in [6, 6.07) is 9.68. The van der Waals surface area contributed by atoms with E-state index < -0.39 is 0 Å². The first-order chi connectivity index (χ1) is 8.15. The van der Waals surface area contributed by atoms with Crippen LogP contribution in [0.25, 0.3) is 0 Å². The highest BCUT2D eigenvalue weighted by atomic mass is 79.9. The number of hydrogen-bond donors (Lipinski definition) is 1. The van der Waals surface area contributed by atoms with Crippen LogP contribution in [-0.4, -0.2) is 4.98 Å². The van der Waals surface area contributed by atoms with Gasteiger partial charge in [-0.2, -0.15) is 0 Å². The maximum atomic E-state index is 5.70. The highest BCUT2D eigenvalue weighted by Crippen LogP contribution is 2.26. The van der Waals surface area contributed by atoms with Crippen LogP contribution in [-0.2, 0) is 6.61 Å². The average Bonchev–Trinajstić information content (AvgIpc) is 2.28. The molecule has 0 radical (unpaired) electrons. The lowest BCUT2D eigenvalue weighted by Crippen LogP contribution is -1.98. The zero-order valence-electron chi connectivity index (χ0n) is 9.48. The first-order valence-corrected chi connectivity index (χ1v) is 6.04. The van der Waals surface area contributed by atoms with E-state index in [4.69, 9.17) is 10.5 Å². The molecule has 0 aliphatic carbocycles. The molecule has 0 aliphatic heterocycles. The molecule has 3 nitrogen and oxygen atoms in total. The van der Waals surface area contributed by atoms with Crippen molar-refractivity contribution in [3.05, 3.63) is 52.1 Å². The Kier molecular flexibility index (Phi) is 3.64. The number of nitrogens with zero attached hydrogens (tertiary/aromatic N) is 1. The molecule has 1 aromatic heterocycles. The number of nitrogens with two attached hydrogens (primary N) is 1. The summed E-state index contributed by atoms with van der Waals surface area (Å²) in [7, 11) is 0. The van der Waals surface area contributed by atoms with E-state index in [9.17, 15) is 0 Å². The van der Waals surface area contributed by atoms with Crippen LogP contribution in [0, 0.1) is 6.92 Å². The summed E-state index contributed by atoms with van der Waals surface area (Å²) < 4.78 is 6.66. The monoisotopic (exact) mass is 292 g/mol. The third-order valence-electron chi connectivity index (χ3n) is 2.33. The molecule has 2 N–H and O–H groups in total. The average molecular weight is 293 g/mol. The van der Waals surface area contributed by atoms with Crippen molar-refractivity contribution in [1.82, 2.24) is 4.98 Å². The molecule has 0 unspecified atom stereocenters. The number of ether oxygens (including phenoxy) is 1.